The van der Waals surface area contributed by atoms with Crippen LogP contribution in [0.2, 0.25) is 0 Å². The Labute approximate surface area is 144 Å². The van der Waals surface area contributed by atoms with Gasteiger partial charge in [-0.15, -0.1) is 0 Å². The zero-order valence-corrected chi connectivity index (χ0v) is 14.5. The molecule has 0 heterocycles. The number of hydrogen-bond donors (Lipinski definition) is 3. The minimum Gasteiger partial charge on any atom is -0.357 e. The zero-order valence-electron chi connectivity index (χ0n) is 14.5. The monoisotopic (exact) mass is 328 g/mol. The van der Waals surface area contributed by atoms with Crippen LogP contribution >= 0.6 is 0 Å². The first kappa shape index (κ1) is 16.8. The molecule has 0 unspecified atom stereocenters. The first-order valence-electron chi connectivity index (χ1n) is 9.09. The van der Waals surface area contributed by atoms with Gasteiger partial charge in [-0.05, 0) is 38.2 Å². The Bertz CT molecular complexity index is 576. The maximum atomic E-state index is 11.8. The smallest absolute Gasteiger partial charge is 0.242 e. The van der Waals surface area contributed by atoms with Gasteiger partial charge in [-0.1, -0.05) is 36.8 Å². The minimum absolute atomic E-state index is 0.0103. The summed E-state index contributed by atoms with van der Waals surface area (Å²) in [5.41, 5.74) is 1.60. The molecule has 2 aliphatic rings. The maximum Gasteiger partial charge on any atom is 0.242 e. The van der Waals surface area contributed by atoms with E-state index in [0.29, 0.717) is 6.04 Å². The summed E-state index contributed by atoms with van der Waals surface area (Å²) in [5.74, 6) is 0.738. The Morgan fingerprint density at radius 2 is 1.96 bits per heavy atom. The summed E-state index contributed by atoms with van der Waals surface area (Å²) < 4.78 is 0. The fourth-order valence-electron chi connectivity index (χ4n) is 3.21. The lowest BCUT2D eigenvalue weighted by atomic mass is 9.64. The summed E-state index contributed by atoms with van der Waals surface area (Å²) in [6, 6.07) is 11.1. The highest BCUT2D eigenvalue weighted by Crippen LogP contribution is 2.43. The molecule has 3 N–H and O–H groups in total. The average Bonchev–Trinajstić information content (AvgIpc) is 3.36. The van der Waals surface area contributed by atoms with Crippen LogP contribution in [0.5, 0.6) is 0 Å². The number of guanidine groups is 1. The van der Waals surface area contributed by atoms with Crippen LogP contribution in [0.4, 0.5) is 0 Å². The third kappa shape index (κ3) is 4.28. The molecule has 1 aromatic carbocycles. The van der Waals surface area contributed by atoms with Gasteiger partial charge in [0, 0.05) is 24.5 Å². The van der Waals surface area contributed by atoms with Gasteiger partial charge in [-0.25, -0.2) is 4.99 Å². The van der Waals surface area contributed by atoms with E-state index in [1.807, 2.05) is 6.92 Å². The highest BCUT2D eigenvalue weighted by atomic mass is 16.2. The lowest BCUT2D eigenvalue weighted by Crippen LogP contribution is -2.49. The van der Waals surface area contributed by atoms with E-state index in [-0.39, 0.29) is 17.9 Å². The van der Waals surface area contributed by atoms with Crippen molar-refractivity contribution in [2.75, 3.05) is 19.6 Å². The van der Waals surface area contributed by atoms with E-state index < -0.39 is 0 Å². The van der Waals surface area contributed by atoms with Crippen molar-refractivity contribution in [2.24, 2.45) is 4.99 Å². The largest absolute Gasteiger partial charge is 0.357 e. The van der Waals surface area contributed by atoms with E-state index in [1.165, 1.54) is 24.8 Å². The summed E-state index contributed by atoms with van der Waals surface area (Å²) >= 11 is 0. The fourth-order valence-corrected chi connectivity index (χ4v) is 3.21. The van der Waals surface area contributed by atoms with Gasteiger partial charge in [0.15, 0.2) is 5.96 Å². The summed E-state index contributed by atoms with van der Waals surface area (Å²) in [5, 5.41) is 9.65. The molecule has 3 rings (SSSR count). The maximum absolute atomic E-state index is 11.8. The van der Waals surface area contributed by atoms with Crippen molar-refractivity contribution >= 4 is 11.9 Å². The van der Waals surface area contributed by atoms with Crippen LogP contribution in [0.1, 0.15) is 44.6 Å². The van der Waals surface area contributed by atoms with Gasteiger partial charge < -0.3 is 16.0 Å². The third-order valence-electron chi connectivity index (χ3n) is 4.96. The van der Waals surface area contributed by atoms with E-state index in [0.717, 1.165) is 31.9 Å². The van der Waals surface area contributed by atoms with Crippen LogP contribution in [0.15, 0.2) is 35.3 Å². The van der Waals surface area contributed by atoms with Crippen molar-refractivity contribution in [2.45, 2.75) is 50.5 Å². The highest BCUT2D eigenvalue weighted by Gasteiger charge is 2.38. The molecule has 0 spiro atoms. The SMILES string of the molecule is CCNC(=NCC(=O)NC1CC1)NCC1(c2ccccc2)CCC1. The second kappa shape index (κ2) is 7.69. The molecule has 2 saturated carbocycles. The van der Waals surface area contributed by atoms with E-state index in [4.69, 9.17) is 0 Å². The molecule has 0 radical (unpaired) electrons. The van der Waals surface area contributed by atoms with Crippen LogP contribution in [0.25, 0.3) is 0 Å². The van der Waals surface area contributed by atoms with E-state index in [2.05, 4.69) is 51.3 Å². The van der Waals surface area contributed by atoms with E-state index in [1.54, 1.807) is 0 Å². The predicted molar refractivity (Wildman–Crippen MR) is 97.1 cm³/mol. The molecule has 1 amide bonds. The summed E-state index contributed by atoms with van der Waals surface area (Å²) in [4.78, 5) is 16.3. The Hall–Kier alpha value is -2.04. The molecule has 0 aromatic heterocycles. The van der Waals surface area contributed by atoms with E-state index >= 15 is 0 Å². The average molecular weight is 328 g/mol. The molecular weight excluding hydrogens is 300 g/mol. The van der Waals surface area contributed by atoms with Gasteiger partial charge in [-0.3, -0.25) is 4.79 Å². The molecule has 130 valence electrons. The van der Waals surface area contributed by atoms with Gasteiger partial charge >= 0.3 is 0 Å². The normalized spacial score (nSPS) is 19.3. The molecule has 2 aliphatic carbocycles. The van der Waals surface area contributed by atoms with Gasteiger partial charge in [0.25, 0.3) is 0 Å². The first-order chi connectivity index (χ1) is 11.7. The standard InChI is InChI=1S/C19H28N4O/c1-2-20-18(21-13-17(24)23-16-9-10-16)22-14-19(11-6-12-19)15-7-4-3-5-8-15/h3-5,7-8,16H,2,6,9-14H2,1H3,(H,23,24)(H2,20,21,22). The zero-order chi connectivity index (χ0) is 16.8. The highest BCUT2D eigenvalue weighted by molar-refractivity contribution is 5.85. The number of amides is 1. The van der Waals surface area contributed by atoms with Crippen molar-refractivity contribution < 1.29 is 4.79 Å². The number of hydrogen-bond acceptors (Lipinski definition) is 2. The summed E-state index contributed by atoms with van der Waals surface area (Å²) in [6.07, 6.45) is 5.88. The summed E-state index contributed by atoms with van der Waals surface area (Å²) in [7, 11) is 0. The Balaban J connectivity index is 1.57. The number of nitrogens with zero attached hydrogens (tertiary/aromatic N) is 1. The fraction of sp³-hybridized carbons (Fsp3) is 0.579. The molecule has 0 atom stereocenters. The molecule has 5 nitrogen and oxygen atoms in total. The molecule has 1 aromatic rings. The van der Waals surface area contributed by atoms with Crippen molar-refractivity contribution in [3.05, 3.63) is 35.9 Å². The van der Waals surface area contributed by atoms with E-state index in [9.17, 15) is 4.79 Å². The number of nitrogens with one attached hydrogen (secondary N) is 3. The number of rotatable bonds is 7. The Morgan fingerprint density at radius 1 is 1.21 bits per heavy atom. The summed E-state index contributed by atoms with van der Waals surface area (Å²) in [6.45, 7) is 3.86. The van der Waals surface area contributed by atoms with Gasteiger partial charge in [-0.2, -0.15) is 0 Å². The lowest BCUT2D eigenvalue weighted by Gasteiger charge is -2.43. The molecule has 0 saturated heterocycles. The predicted octanol–water partition coefficient (Wildman–Crippen LogP) is 1.94. The molecule has 24 heavy (non-hydrogen) atoms. The number of benzene rings is 1. The number of carbonyl (C=O) groups excluding carboxylic acids is 1. The van der Waals surface area contributed by atoms with Gasteiger partial charge in [0.1, 0.15) is 6.54 Å². The van der Waals surface area contributed by atoms with Crippen LogP contribution in [0, 0.1) is 0 Å². The van der Waals surface area contributed by atoms with Crippen molar-refractivity contribution in [3.63, 3.8) is 0 Å². The second-order valence-corrected chi connectivity index (χ2v) is 6.89. The minimum atomic E-state index is 0.0103. The number of aliphatic imine (C=N–C) groups is 1. The third-order valence-corrected chi connectivity index (χ3v) is 4.96. The van der Waals surface area contributed by atoms with Crippen LogP contribution in [-0.4, -0.2) is 37.5 Å². The first-order valence-corrected chi connectivity index (χ1v) is 9.09. The van der Waals surface area contributed by atoms with Crippen LogP contribution in [-0.2, 0) is 10.2 Å². The molecule has 2 fully saturated rings. The van der Waals surface area contributed by atoms with Crippen molar-refractivity contribution in [1.29, 1.82) is 0 Å². The van der Waals surface area contributed by atoms with Gasteiger partial charge in [0.05, 0.1) is 0 Å². The van der Waals surface area contributed by atoms with Gasteiger partial charge in [0.2, 0.25) is 5.91 Å². The second-order valence-electron chi connectivity index (χ2n) is 6.89. The van der Waals surface area contributed by atoms with Crippen LogP contribution in [0.3, 0.4) is 0 Å². The topological polar surface area (TPSA) is 65.5 Å². The molecule has 0 bridgehead atoms. The Kier molecular flexibility index (Phi) is 5.38. The lowest BCUT2D eigenvalue weighted by molar-refractivity contribution is -0.119. The van der Waals surface area contributed by atoms with Crippen LogP contribution < -0.4 is 16.0 Å². The molecular formula is C19H28N4O. The Morgan fingerprint density at radius 3 is 2.54 bits per heavy atom. The van der Waals surface area contributed by atoms with Crippen molar-refractivity contribution in [3.8, 4) is 0 Å². The van der Waals surface area contributed by atoms with Crippen molar-refractivity contribution in [1.82, 2.24) is 16.0 Å². The molecule has 5 heteroatoms. The quantitative estimate of drug-likeness (QED) is 0.529. The number of carbonyl (C=O) groups is 1. The molecule has 0 aliphatic heterocycles.